The van der Waals surface area contributed by atoms with Crippen LogP contribution < -0.4 is 5.32 Å². The average Bonchev–Trinajstić information content (AvgIpc) is 3.51. The lowest BCUT2D eigenvalue weighted by Crippen LogP contribution is -2.45. The maximum atomic E-state index is 12.6. The van der Waals surface area contributed by atoms with Gasteiger partial charge in [-0.15, -0.1) is 0 Å². The highest BCUT2D eigenvalue weighted by atomic mass is 16.5. The van der Waals surface area contributed by atoms with E-state index >= 15 is 0 Å². The lowest BCUT2D eigenvalue weighted by Gasteiger charge is -2.22. The maximum absolute atomic E-state index is 12.6. The van der Waals surface area contributed by atoms with E-state index in [2.05, 4.69) is 31.3 Å². The molecular weight excluding hydrogens is 1030 g/mol. The van der Waals surface area contributed by atoms with E-state index in [9.17, 15) is 19.8 Å². The number of aliphatic hydroxyl groups excluding tert-OH is 2. The first kappa shape index (κ1) is 82.6. The zero-order valence-electron chi connectivity index (χ0n) is 57.4. The number of esters is 1. The van der Waals surface area contributed by atoms with E-state index in [1.807, 2.05) is 0 Å². The number of carbonyl (C=O) groups excluding carboxylic acids is 2. The summed E-state index contributed by atoms with van der Waals surface area (Å²) in [5, 5.41) is 23.5. The summed E-state index contributed by atoms with van der Waals surface area (Å²) in [6.45, 7) is 5.01. The molecule has 0 spiro atoms. The van der Waals surface area contributed by atoms with Crippen LogP contribution in [-0.4, -0.2) is 47.4 Å². The summed E-state index contributed by atoms with van der Waals surface area (Å²) in [7, 11) is 0. The predicted molar refractivity (Wildman–Crippen MR) is 370 cm³/mol. The van der Waals surface area contributed by atoms with Gasteiger partial charge in [0.1, 0.15) is 0 Å². The van der Waals surface area contributed by atoms with Gasteiger partial charge in [0.05, 0.1) is 25.4 Å². The van der Waals surface area contributed by atoms with E-state index in [1.165, 1.54) is 379 Å². The number of hydrogen-bond acceptors (Lipinski definition) is 5. The SMILES string of the molecule is CCCCCCCCCCCCCCCCCCCCCCCCCC(O)C(CO)NC(=O)CCCCCCCCCCCC/C=C\CCCCCCCCCCCCCCOC(=O)CCCCCCCCCCCCCCCCCCCC. The number of allylic oxidation sites excluding steroid dienone is 2. The first-order chi connectivity index (χ1) is 41.5. The fourth-order valence-electron chi connectivity index (χ4n) is 12.6. The lowest BCUT2D eigenvalue weighted by atomic mass is 10.0. The normalized spacial score (nSPS) is 12.5. The number of rotatable bonds is 74. The number of carbonyl (C=O) groups is 2. The number of aliphatic hydroxyl groups is 2. The standard InChI is InChI=1S/C78H153NO5/c1-3-5-7-9-11-13-15-17-19-21-23-24-29-32-35-38-42-46-50-54-58-62-66-70-76(81)75(74-80)79-77(82)71-67-63-59-55-51-47-43-39-36-33-30-27-25-26-28-31-34-37-41-45-49-53-57-61-65-69-73-84-78(83)72-68-64-60-56-52-48-44-40-22-20-18-16-14-12-10-8-6-4-2/h25,27,75-76,80-81H,3-24,26,28-74H2,1-2H3,(H,79,82)/b27-25-. The van der Waals surface area contributed by atoms with E-state index in [1.54, 1.807) is 0 Å². The van der Waals surface area contributed by atoms with E-state index in [0.29, 0.717) is 25.9 Å². The van der Waals surface area contributed by atoms with Gasteiger partial charge in [-0.3, -0.25) is 9.59 Å². The smallest absolute Gasteiger partial charge is 0.305 e. The predicted octanol–water partition coefficient (Wildman–Crippen LogP) is 25.5. The zero-order chi connectivity index (χ0) is 60.6. The molecule has 0 aromatic heterocycles. The molecule has 2 unspecified atom stereocenters. The summed E-state index contributed by atoms with van der Waals surface area (Å²) in [5.74, 6) is -0.0108. The molecule has 0 radical (unpaired) electrons. The molecule has 0 saturated heterocycles. The van der Waals surface area contributed by atoms with Gasteiger partial charge in [0.25, 0.3) is 0 Å². The van der Waals surface area contributed by atoms with Crippen molar-refractivity contribution in [3.8, 4) is 0 Å². The van der Waals surface area contributed by atoms with Crippen LogP contribution >= 0.6 is 0 Å². The minimum atomic E-state index is -0.666. The highest BCUT2D eigenvalue weighted by Crippen LogP contribution is 2.20. The fraction of sp³-hybridized carbons (Fsp3) is 0.949. The zero-order valence-corrected chi connectivity index (χ0v) is 57.4. The van der Waals surface area contributed by atoms with Gasteiger partial charge in [-0.05, 0) is 51.4 Å². The van der Waals surface area contributed by atoms with E-state index in [-0.39, 0.29) is 18.5 Å². The summed E-state index contributed by atoms with van der Waals surface area (Å²) in [4.78, 5) is 24.7. The third-order valence-electron chi connectivity index (χ3n) is 18.6. The lowest BCUT2D eigenvalue weighted by molar-refractivity contribution is -0.143. The van der Waals surface area contributed by atoms with Crippen molar-refractivity contribution in [2.24, 2.45) is 0 Å². The Morgan fingerprint density at radius 3 is 0.845 bits per heavy atom. The van der Waals surface area contributed by atoms with Crippen LogP contribution in [0.4, 0.5) is 0 Å². The van der Waals surface area contributed by atoms with Crippen molar-refractivity contribution in [1.82, 2.24) is 5.32 Å². The Hall–Kier alpha value is -1.40. The topological polar surface area (TPSA) is 95.9 Å². The maximum Gasteiger partial charge on any atom is 0.305 e. The number of nitrogens with one attached hydrogen (secondary N) is 1. The van der Waals surface area contributed by atoms with E-state index in [0.717, 1.165) is 38.5 Å². The van der Waals surface area contributed by atoms with Crippen LogP contribution in [0.25, 0.3) is 0 Å². The van der Waals surface area contributed by atoms with Gasteiger partial charge in [-0.1, -0.05) is 398 Å². The van der Waals surface area contributed by atoms with Crippen molar-refractivity contribution in [1.29, 1.82) is 0 Å². The monoisotopic (exact) mass is 1180 g/mol. The Labute approximate surface area is 527 Å². The minimum absolute atomic E-state index is 0.0202. The van der Waals surface area contributed by atoms with E-state index < -0.39 is 12.1 Å². The van der Waals surface area contributed by atoms with Gasteiger partial charge in [-0.2, -0.15) is 0 Å². The van der Waals surface area contributed by atoms with Crippen LogP contribution in [0.15, 0.2) is 12.2 Å². The van der Waals surface area contributed by atoms with Crippen molar-refractivity contribution in [2.75, 3.05) is 13.2 Å². The van der Waals surface area contributed by atoms with Crippen molar-refractivity contribution in [3.05, 3.63) is 12.2 Å². The van der Waals surface area contributed by atoms with Crippen LogP contribution in [0.1, 0.15) is 450 Å². The Bertz CT molecular complexity index is 1270. The third kappa shape index (κ3) is 69.7. The third-order valence-corrected chi connectivity index (χ3v) is 18.6. The summed E-state index contributed by atoms with van der Waals surface area (Å²) in [6, 6.07) is -0.544. The second-order valence-corrected chi connectivity index (χ2v) is 27.0. The highest BCUT2D eigenvalue weighted by molar-refractivity contribution is 5.76. The molecule has 3 N–H and O–H groups in total. The molecule has 0 aromatic carbocycles. The van der Waals surface area contributed by atoms with Crippen LogP contribution in [0.2, 0.25) is 0 Å². The quantitative estimate of drug-likeness (QED) is 0.0320. The number of hydrogen-bond donors (Lipinski definition) is 3. The van der Waals surface area contributed by atoms with Crippen LogP contribution in [0.5, 0.6) is 0 Å². The van der Waals surface area contributed by atoms with Gasteiger partial charge in [-0.25, -0.2) is 0 Å². The molecule has 0 heterocycles. The molecule has 84 heavy (non-hydrogen) atoms. The molecule has 0 saturated carbocycles. The molecule has 2 atom stereocenters. The molecule has 0 fully saturated rings. The molecular formula is C78H153NO5. The Balaban J connectivity index is 3.37. The number of unbranched alkanes of at least 4 members (excludes halogenated alkanes) is 61. The molecule has 0 aliphatic rings. The molecule has 0 rings (SSSR count). The Kier molecular flexibility index (Phi) is 72.8. The first-order valence-electron chi connectivity index (χ1n) is 38.9. The summed E-state index contributed by atoms with van der Waals surface area (Å²) in [6.07, 6.45) is 92.9. The van der Waals surface area contributed by atoms with Gasteiger partial charge in [0.15, 0.2) is 0 Å². The van der Waals surface area contributed by atoms with Crippen LogP contribution in [-0.2, 0) is 14.3 Å². The van der Waals surface area contributed by atoms with E-state index in [4.69, 9.17) is 4.74 Å². The fourth-order valence-corrected chi connectivity index (χ4v) is 12.6. The van der Waals surface area contributed by atoms with Crippen molar-refractivity contribution >= 4 is 11.9 Å². The Morgan fingerprint density at radius 1 is 0.321 bits per heavy atom. The van der Waals surface area contributed by atoms with Crippen LogP contribution in [0.3, 0.4) is 0 Å². The summed E-state index contributed by atoms with van der Waals surface area (Å²) < 4.78 is 5.51. The number of ether oxygens (including phenoxy) is 1. The number of amides is 1. The van der Waals surface area contributed by atoms with Crippen molar-refractivity contribution in [3.63, 3.8) is 0 Å². The molecule has 6 nitrogen and oxygen atoms in total. The highest BCUT2D eigenvalue weighted by Gasteiger charge is 2.20. The summed E-state index contributed by atoms with van der Waals surface area (Å²) >= 11 is 0. The van der Waals surface area contributed by atoms with Gasteiger partial charge in [0, 0.05) is 12.8 Å². The van der Waals surface area contributed by atoms with Gasteiger partial charge in [0.2, 0.25) is 5.91 Å². The average molecular weight is 1190 g/mol. The van der Waals surface area contributed by atoms with Crippen molar-refractivity contribution < 1.29 is 24.5 Å². The molecule has 1 amide bonds. The molecule has 500 valence electrons. The first-order valence-corrected chi connectivity index (χ1v) is 38.9. The Morgan fingerprint density at radius 2 is 0.560 bits per heavy atom. The minimum Gasteiger partial charge on any atom is -0.466 e. The van der Waals surface area contributed by atoms with Gasteiger partial charge < -0.3 is 20.3 Å². The second-order valence-electron chi connectivity index (χ2n) is 27.0. The molecule has 0 aliphatic heterocycles. The largest absolute Gasteiger partial charge is 0.466 e. The van der Waals surface area contributed by atoms with Crippen molar-refractivity contribution in [2.45, 2.75) is 463 Å². The molecule has 6 heteroatoms. The van der Waals surface area contributed by atoms with Gasteiger partial charge >= 0.3 is 5.97 Å². The molecule has 0 aromatic rings. The second kappa shape index (κ2) is 74.1. The molecule has 0 aliphatic carbocycles. The molecule has 0 bridgehead atoms. The summed E-state index contributed by atoms with van der Waals surface area (Å²) in [5.41, 5.74) is 0. The van der Waals surface area contributed by atoms with Crippen LogP contribution in [0, 0.1) is 0 Å².